The van der Waals surface area contributed by atoms with Crippen LogP contribution in [0.3, 0.4) is 0 Å². The lowest BCUT2D eigenvalue weighted by Gasteiger charge is -2.12. The number of nitrogens with one attached hydrogen (secondary N) is 1. The molecule has 1 N–H and O–H groups in total. The number of amides is 1. The van der Waals surface area contributed by atoms with Gasteiger partial charge in [0.05, 0.1) is 25.5 Å². The number of hydrogen-bond acceptors (Lipinski definition) is 6. The van der Waals surface area contributed by atoms with Crippen molar-refractivity contribution in [2.24, 2.45) is 0 Å². The molecular formula is C17H19N3O3S. The van der Waals surface area contributed by atoms with Crippen molar-refractivity contribution < 1.29 is 14.3 Å². The van der Waals surface area contributed by atoms with Crippen LogP contribution in [0.4, 0.5) is 0 Å². The molecule has 7 heteroatoms. The maximum Gasteiger partial charge on any atom is 0.255 e. The summed E-state index contributed by atoms with van der Waals surface area (Å²) in [6.07, 6.45) is 5.54. The number of ether oxygens (including phenoxy) is 2. The fourth-order valence-electron chi connectivity index (χ4n) is 2.32. The zero-order chi connectivity index (χ0) is 17.1. The van der Waals surface area contributed by atoms with Crippen LogP contribution in [0.2, 0.25) is 0 Å². The van der Waals surface area contributed by atoms with E-state index in [1.165, 1.54) is 11.8 Å². The number of thioether (sulfide) groups is 1. The first-order valence-corrected chi connectivity index (χ1v) is 8.83. The first-order chi connectivity index (χ1) is 11.7. The molecule has 1 aromatic carbocycles. The van der Waals surface area contributed by atoms with Crippen molar-refractivity contribution in [3.05, 3.63) is 30.0 Å². The van der Waals surface area contributed by atoms with E-state index in [9.17, 15) is 4.79 Å². The number of rotatable bonds is 6. The Hall–Kier alpha value is -2.28. The van der Waals surface area contributed by atoms with E-state index in [4.69, 9.17) is 9.47 Å². The minimum Gasteiger partial charge on any atom is -0.493 e. The molecule has 1 heterocycles. The zero-order valence-corrected chi connectivity index (χ0v) is 14.6. The SMILES string of the molecule is COc1ccc(-c2nc(SC)ncc2C(=O)NC2CC2)cc1OC. The summed E-state index contributed by atoms with van der Waals surface area (Å²) in [7, 11) is 3.16. The van der Waals surface area contributed by atoms with Gasteiger partial charge in [-0.15, -0.1) is 0 Å². The number of carbonyl (C=O) groups excluding carboxylic acids is 1. The van der Waals surface area contributed by atoms with Gasteiger partial charge in [-0.3, -0.25) is 4.79 Å². The molecule has 0 spiro atoms. The summed E-state index contributed by atoms with van der Waals surface area (Å²) < 4.78 is 10.6. The summed E-state index contributed by atoms with van der Waals surface area (Å²) in [6, 6.07) is 5.76. The maximum atomic E-state index is 12.5. The normalized spacial score (nSPS) is 13.5. The molecule has 0 bridgehead atoms. The second kappa shape index (κ2) is 7.09. The number of carbonyl (C=O) groups is 1. The van der Waals surface area contributed by atoms with Gasteiger partial charge in [0.25, 0.3) is 5.91 Å². The monoisotopic (exact) mass is 345 g/mol. The Morgan fingerprint density at radius 2 is 2.00 bits per heavy atom. The smallest absolute Gasteiger partial charge is 0.255 e. The molecular weight excluding hydrogens is 326 g/mol. The molecule has 1 fully saturated rings. The lowest BCUT2D eigenvalue weighted by Crippen LogP contribution is -2.26. The first-order valence-electron chi connectivity index (χ1n) is 7.60. The van der Waals surface area contributed by atoms with Gasteiger partial charge in [-0.25, -0.2) is 9.97 Å². The van der Waals surface area contributed by atoms with Crippen LogP contribution in [-0.2, 0) is 0 Å². The van der Waals surface area contributed by atoms with Crippen molar-refractivity contribution in [3.8, 4) is 22.8 Å². The Labute approximate surface area is 145 Å². The summed E-state index contributed by atoms with van der Waals surface area (Å²) >= 11 is 1.43. The standard InChI is InChI=1S/C17H19N3O3S/c1-22-13-7-4-10(8-14(13)23-2)15-12(9-18-17(20-15)24-3)16(21)19-11-5-6-11/h4,7-9,11H,5-6H2,1-3H3,(H,19,21). The van der Waals surface area contributed by atoms with Gasteiger partial charge in [-0.05, 0) is 37.3 Å². The summed E-state index contributed by atoms with van der Waals surface area (Å²) in [4.78, 5) is 21.3. The molecule has 6 nitrogen and oxygen atoms in total. The highest BCUT2D eigenvalue weighted by molar-refractivity contribution is 7.98. The minimum absolute atomic E-state index is 0.144. The summed E-state index contributed by atoms with van der Waals surface area (Å²) in [5.74, 6) is 1.08. The molecule has 2 aromatic rings. The van der Waals surface area contributed by atoms with Crippen molar-refractivity contribution in [2.75, 3.05) is 20.5 Å². The van der Waals surface area contributed by atoms with E-state index in [1.807, 2.05) is 18.4 Å². The fraction of sp³-hybridized carbons (Fsp3) is 0.353. The average Bonchev–Trinajstić information content (AvgIpc) is 3.44. The maximum absolute atomic E-state index is 12.5. The topological polar surface area (TPSA) is 73.3 Å². The molecule has 1 aromatic heterocycles. The van der Waals surface area contributed by atoms with E-state index in [0.717, 1.165) is 18.4 Å². The van der Waals surface area contributed by atoms with Gasteiger partial charge in [0.2, 0.25) is 0 Å². The van der Waals surface area contributed by atoms with Crippen LogP contribution in [-0.4, -0.2) is 42.4 Å². The van der Waals surface area contributed by atoms with Gasteiger partial charge >= 0.3 is 0 Å². The average molecular weight is 345 g/mol. The molecule has 126 valence electrons. The predicted molar refractivity (Wildman–Crippen MR) is 92.8 cm³/mol. The summed E-state index contributed by atoms with van der Waals surface area (Å²) in [5.41, 5.74) is 1.84. The highest BCUT2D eigenvalue weighted by atomic mass is 32.2. The molecule has 24 heavy (non-hydrogen) atoms. The lowest BCUT2D eigenvalue weighted by molar-refractivity contribution is 0.0951. The van der Waals surface area contributed by atoms with Gasteiger partial charge in [-0.1, -0.05) is 11.8 Å². The van der Waals surface area contributed by atoms with E-state index in [0.29, 0.717) is 27.9 Å². The van der Waals surface area contributed by atoms with Gasteiger partial charge in [0, 0.05) is 17.8 Å². The van der Waals surface area contributed by atoms with Crippen molar-refractivity contribution in [1.29, 1.82) is 0 Å². The molecule has 0 saturated heterocycles. The van der Waals surface area contributed by atoms with Crippen molar-refractivity contribution in [3.63, 3.8) is 0 Å². The van der Waals surface area contributed by atoms with Crippen LogP contribution in [0.5, 0.6) is 11.5 Å². The fourth-order valence-corrected chi connectivity index (χ4v) is 2.67. The van der Waals surface area contributed by atoms with Crippen LogP contribution in [0.25, 0.3) is 11.3 Å². The second-order valence-corrected chi connectivity index (χ2v) is 6.21. The lowest BCUT2D eigenvalue weighted by atomic mass is 10.1. The van der Waals surface area contributed by atoms with Crippen LogP contribution in [0, 0.1) is 0 Å². The number of aromatic nitrogens is 2. The van der Waals surface area contributed by atoms with Crippen LogP contribution in [0.1, 0.15) is 23.2 Å². The van der Waals surface area contributed by atoms with E-state index in [2.05, 4.69) is 15.3 Å². The van der Waals surface area contributed by atoms with Gasteiger partial charge in [0.1, 0.15) is 0 Å². The molecule has 1 amide bonds. The van der Waals surface area contributed by atoms with Gasteiger partial charge < -0.3 is 14.8 Å². The quantitative estimate of drug-likeness (QED) is 0.641. The van der Waals surface area contributed by atoms with E-state index < -0.39 is 0 Å². The Morgan fingerprint density at radius 1 is 1.25 bits per heavy atom. The van der Waals surface area contributed by atoms with Gasteiger partial charge in [-0.2, -0.15) is 0 Å². The van der Waals surface area contributed by atoms with E-state index >= 15 is 0 Å². The highest BCUT2D eigenvalue weighted by Gasteiger charge is 2.26. The molecule has 0 atom stereocenters. The molecule has 3 rings (SSSR count). The third-order valence-corrected chi connectivity index (χ3v) is 4.33. The van der Waals surface area contributed by atoms with E-state index in [1.54, 1.807) is 26.5 Å². The molecule has 0 aliphatic heterocycles. The number of benzene rings is 1. The Balaban J connectivity index is 2.05. The molecule has 0 radical (unpaired) electrons. The summed E-state index contributed by atoms with van der Waals surface area (Å²) in [6.45, 7) is 0. The second-order valence-electron chi connectivity index (χ2n) is 5.44. The number of nitrogens with zero attached hydrogens (tertiary/aromatic N) is 2. The Bertz CT molecular complexity index is 763. The number of hydrogen-bond donors (Lipinski definition) is 1. The van der Waals surface area contributed by atoms with Crippen LogP contribution < -0.4 is 14.8 Å². The Morgan fingerprint density at radius 3 is 2.62 bits per heavy atom. The summed E-state index contributed by atoms with van der Waals surface area (Å²) in [5, 5.41) is 3.60. The van der Waals surface area contributed by atoms with Crippen LogP contribution >= 0.6 is 11.8 Å². The predicted octanol–water partition coefficient (Wildman–Crippen LogP) is 2.77. The molecule has 0 unspecified atom stereocenters. The first kappa shape index (κ1) is 16.6. The van der Waals surface area contributed by atoms with Gasteiger partial charge in [0.15, 0.2) is 16.7 Å². The Kier molecular flexibility index (Phi) is 4.89. The third-order valence-electron chi connectivity index (χ3n) is 3.76. The third kappa shape index (κ3) is 3.46. The molecule has 1 aliphatic carbocycles. The largest absolute Gasteiger partial charge is 0.493 e. The number of methoxy groups -OCH3 is 2. The zero-order valence-electron chi connectivity index (χ0n) is 13.8. The van der Waals surface area contributed by atoms with Crippen molar-refractivity contribution in [1.82, 2.24) is 15.3 Å². The highest BCUT2D eigenvalue weighted by Crippen LogP contribution is 2.33. The van der Waals surface area contributed by atoms with Crippen molar-refractivity contribution in [2.45, 2.75) is 24.0 Å². The van der Waals surface area contributed by atoms with Crippen LogP contribution in [0.15, 0.2) is 29.6 Å². The van der Waals surface area contributed by atoms with E-state index in [-0.39, 0.29) is 11.9 Å². The minimum atomic E-state index is -0.144. The van der Waals surface area contributed by atoms with Crippen molar-refractivity contribution >= 4 is 17.7 Å². The molecule has 1 saturated carbocycles. The molecule has 1 aliphatic rings.